The van der Waals surface area contributed by atoms with Crippen molar-refractivity contribution in [3.05, 3.63) is 65.7 Å². The standard InChI is InChI=1S/C25H21BrN2O4/c1-2-24(30)27-11-15(12-27)13-28-22-10-21(26)20(9-23(22)32-14-25(28)31)19-8-17(29)7-16-5-3-4-6-18(16)19/h2-10,15,29H,1,11-14H2. The van der Waals surface area contributed by atoms with Crippen molar-refractivity contribution in [2.75, 3.05) is 31.1 Å². The highest BCUT2D eigenvalue weighted by Crippen LogP contribution is 2.44. The van der Waals surface area contributed by atoms with Crippen molar-refractivity contribution in [3.8, 4) is 22.6 Å². The average molecular weight is 493 g/mol. The molecule has 2 aliphatic heterocycles. The van der Waals surface area contributed by atoms with Gasteiger partial charge in [-0.05, 0) is 46.7 Å². The first kappa shape index (κ1) is 20.6. The van der Waals surface area contributed by atoms with E-state index in [9.17, 15) is 14.7 Å². The number of halogens is 1. The van der Waals surface area contributed by atoms with Gasteiger partial charge in [0.25, 0.3) is 5.91 Å². The third-order valence-corrected chi connectivity index (χ3v) is 6.67. The Morgan fingerprint density at radius 2 is 1.97 bits per heavy atom. The van der Waals surface area contributed by atoms with Gasteiger partial charge in [-0.2, -0.15) is 0 Å². The summed E-state index contributed by atoms with van der Waals surface area (Å²) in [5.41, 5.74) is 2.45. The summed E-state index contributed by atoms with van der Waals surface area (Å²) in [5, 5.41) is 12.2. The number of benzene rings is 3. The molecule has 5 rings (SSSR count). The number of carbonyl (C=O) groups excluding carboxylic acids is 2. The summed E-state index contributed by atoms with van der Waals surface area (Å²) < 4.78 is 6.58. The Bertz CT molecular complexity index is 1270. The van der Waals surface area contributed by atoms with Gasteiger partial charge in [-0.1, -0.05) is 46.8 Å². The van der Waals surface area contributed by atoms with E-state index in [1.54, 1.807) is 21.9 Å². The van der Waals surface area contributed by atoms with Gasteiger partial charge in [0.1, 0.15) is 11.5 Å². The molecule has 1 saturated heterocycles. The smallest absolute Gasteiger partial charge is 0.265 e. The van der Waals surface area contributed by atoms with Crippen LogP contribution in [0.4, 0.5) is 5.69 Å². The van der Waals surface area contributed by atoms with E-state index < -0.39 is 0 Å². The molecule has 32 heavy (non-hydrogen) atoms. The van der Waals surface area contributed by atoms with Crippen LogP contribution in [0.15, 0.2) is 65.7 Å². The Kier molecular flexibility index (Phi) is 5.13. The second-order valence-electron chi connectivity index (χ2n) is 8.12. The van der Waals surface area contributed by atoms with Crippen LogP contribution >= 0.6 is 15.9 Å². The fourth-order valence-corrected chi connectivity index (χ4v) is 4.94. The number of phenolic OH excluding ortho intramolecular Hbond substituents is 1. The van der Waals surface area contributed by atoms with Gasteiger partial charge in [-0.15, -0.1) is 0 Å². The fourth-order valence-electron chi connectivity index (χ4n) is 4.40. The molecule has 3 aromatic rings. The molecule has 0 aliphatic carbocycles. The zero-order valence-corrected chi connectivity index (χ0v) is 18.8. The van der Waals surface area contributed by atoms with E-state index in [0.717, 1.165) is 26.4 Å². The van der Waals surface area contributed by atoms with E-state index in [4.69, 9.17) is 4.74 Å². The third-order valence-electron chi connectivity index (χ3n) is 6.01. The summed E-state index contributed by atoms with van der Waals surface area (Å²) >= 11 is 3.67. The van der Waals surface area contributed by atoms with Crippen molar-refractivity contribution in [1.82, 2.24) is 4.90 Å². The van der Waals surface area contributed by atoms with Crippen molar-refractivity contribution in [1.29, 1.82) is 0 Å². The molecule has 0 aromatic heterocycles. The molecule has 2 amide bonds. The maximum Gasteiger partial charge on any atom is 0.265 e. The number of anilines is 1. The van der Waals surface area contributed by atoms with E-state index in [0.29, 0.717) is 31.1 Å². The summed E-state index contributed by atoms with van der Waals surface area (Å²) in [4.78, 5) is 27.8. The zero-order valence-electron chi connectivity index (χ0n) is 17.3. The van der Waals surface area contributed by atoms with Crippen LogP contribution < -0.4 is 9.64 Å². The molecule has 0 atom stereocenters. The summed E-state index contributed by atoms with van der Waals surface area (Å²) in [6, 6.07) is 15.1. The number of likely N-dealkylation sites (tertiary alicyclic amines) is 1. The lowest BCUT2D eigenvalue weighted by Gasteiger charge is -2.42. The minimum atomic E-state index is -0.103. The highest BCUT2D eigenvalue weighted by atomic mass is 79.9. The number of hydrogen-bond acceptors (Lipinski definition) is 4. The van der Waals surface area contributed by atoms with Crippen molar-refractivity contribution < 1.29 is 19.4 Å². The molecule has 2 aliphatic rings. The second-order valence-corrected chi connectivity index (χ2v) is 8.97. The van der Waals surface area contributed by atoms with Crippen LogP contribution in [0.3, 0.4) is 0 Å². The van der Waals surface area contributed by atoms with Gasteiger partial charge in [-0.3, -0.25) is 9.59 Å². The Hall–Kier alpha value is -3.32. The number of ether oxygens (including phenoxy) is 1. The average Bonchev–Trinajstić information content (AvgIpc) is 2.76. The Labute approximate surface area is 193 Å². The molecule has 2 heterocycles. The van der Waals surface area contributed by atoms with Crippen LogP contribution in [0.5, 0.6) is 11.5 Å². The van der Waals surface area contributed by atoms with Gasteiger partial charge in [0.05, 0.1) is 5.69 Å². The van der Waals surface area contributed by atoms with E-state index in [2.05, 4.69) is 22.5 Å². The second kappa shape index (κ2) is 7.98. The van der Waals surface area contributed by atoms with E-state index in [1.165, 1.54) is 6.08 Å². The van der Waals surface area contributed by atoms with Crippen LogP contribution in [-0.4, -0.2) is 48.1 Å². The van der Waals surface area contributed by atoms with Crippen molar-refractivity contribution in [3.63, 3.8) is 0 Å². The van der Waals surface area contributed by atoms with E-state index in [1.807, 2.05) is 36.4 Å². The molecule has 0 spiro atoms. The minimum absolute atomic E-state index is 0.0309. The molecular weight excluding hydrogens is 472 g/mol. The van der Waals surface area contributed by atoms with E-state index >= 15 is 0 Å². The highest BCUT2D eigenvalue weighted by Gasteiger charge is 2.35. The Morgan fingerprint density at radius 3 is 2.75 bits per heavy atom. The lowest BCUT2D eigenvalue weighted by atomic mass is 9.96. The van der Waals surface area contributed by atoms with Crippen LogP contribution in [0.25, 0.3) is 21.9 Å². The monoisotopic (exact) mass is 492 g/mol. The topological polar surface area (TPSA) is 70.1 Å². The van der Waals surface area contributed by atoms with Gasteiger partial charge in [0, 0.05) is 35.6 Å². The van der Waals surface area contributed by atoms with Crippen LogP contribution in [0, 0.1) is 5.92 Å². The number of aromatic hydroxyl groups is 1. The molecule has 0 saturated carbocycles. The van der Waals surface area contributed by atoms with Crippen molar-refractivity contribution in [2.45, 2.75) is 0 Å². The molecule has 0 unspecified atom stereocenters. The zero-order chi connectivity index (χ0) is 22.4. The summed E-state index contributed by atoms with van der Waals surface area (Å²) in [6.07, 6.45) is 1.31. The van der Waals surface area contributed by atoms with Gasteiger partial charge in [0.2, 0.25) is 5.91 Å². The first-order valence-electron chi connectivity index (χ1n) is 10.3. The summed E-state index contributed by atoms with van der Waals surface area (Å²) in [7, 11) is 0. The molecule has 3 aromatic carbocycles. The molecule has 1 N–H and O–H groups in total. The molecule has 1 fully saturated rings. The van der Waals surface area contributed by atoms with Gasteiger partial charge in [0.15, 0.2) is 6.61 Å². The summed E-state index contributed by atoms with van der Waals surface area (Å²) in [6.45, 7) is 5.23. The maximum absolute atomic E-state index is 12.6. The van der Waals surface area contributed by atoms with Gasteiger partial charge in [-0.25, -0.2) is 0 Å². The van der Waals surface area contributed by atoms with E-state index in [-0.39, 0.29) is 30.1 Å². The predicted molar refractivity (Wildman–Crippen MR) is 127 cm³/mol. The Morgan fingerprint density at radius 1 is 1.19 bits per heavy atom. The summed E-state index contributed by atoms with van der Waals surface area (Å²) in [5.74, 6) is 0.828. The van der Waals surface area contributed by atoms with Gasteiger partial charge < -0.3 is 19.6 Å². The van der Waals surface area contributed by atoms with Crippen LogP contribution in [-0.2, 0) is 9.59 Å². The lowest BCUT2D eigenvalue weighted by Crippen LogP contribution is -2.55. The molecular formula is C25H21BrN2O4. The van der Waals surface area contributed by atoms with Gasteiger partial charge >= 0.3 is 0 Å². The molecule has 6 nitrogen and oxygen atoms in total. The fraction of sp³-hybridized carbons (Fsp3) is 0.200. The third kappa shape index (κ3) is 3.52. The molecule has 0 bridgehead atoms. The largest absolute Gasteiger partial charge is 0.508 e. The molecule has 0 radical (unpaired) electrons. The SMILES string of the molecule is C=CC(=O)N1CC(CN2C(=O)COc3cc(-c4cc(O)cc5ccccc45)c(Br)cc32)C1. The molecule has 162 valence electrons. The van der Waals surface area contributed by atoms with Crippen LogP contribution in [0.2, 0.25) is 0 Å². The Balaban J connectivity index is 1.49. The van der Waals surface area contributed by atoms with Crippen molar-refractivity contribution in [2.24, 2.45) is 5.92 Å². The number of fused-ring (bicyclic) bond motifs is 2. The first-order valence-corrected chi connectivity index (χ1v) is 11.1. The number of hydrogen-bond donors (Lipinski definition) is 1. The lowest BCUT2D eigenvalue weighted by molar-refractivity contribution is -0.131. The first-order chi connectivity index (χ1) is 15.4. The quantitative estimate of drug-likeness (QED) is 0.549. The number of rotatable bonds is 4. The number of phenols is 1. The number of amides is 2. The molecule has 7 heteroatoms. The van der Waals surface area contributed by atoms with Crippen LogP contribution in [0.1, 0.15) is 0 Å². The van der Waals surface area contributed by atoms with Crippen molar-refractivity contribution >= 4 is 44.2 Å². The normalized spacial score (nSPS) is 15.8. The maximum atomic E-state index is 12.6. The minimum Gasteiger partial charge on any atom is -0.508 e. The highest BCUT2D eigenvalue weighted by molar-refractivity contribution is 9.10. The predicted octanol–water partition coefficient (Wildman–Crippen LogP) is 4.34. The number of nitrogens with zero attached hydrogens (tertiary/aromatic N) is 2. The number of carbonyl (C=O) groups is 2.